The maximum absolute atomic E-state index is 12.7. The zero-order chi connectivity index (χ0) is 19.7. The van der Waals surface area contributed by atoms with Crippen LogP contribution >= 0.6 is 0 Å². The number of ether oxygens (including phenoxy) is 1. The van der Waals surface area contributed by atoms with Crippen molar-refractivity contribution in [2.75, 3.05) is 25.1 Å². The minimum atomic E-state index is -0.488. The molecule has 0 bridgehead atoms. The van der Waals surface area contributed by atoms with E-state index in [0.717, 1.165) is 42.5 Å². The Morgan fingerprint density at radius 2 is 1.68 bits per heavy atom. The topological polar surface area (TPSA) is 82.3 Å². The summed E-state index contributed by atoms with van der Waals surface area (Å²) in [5, 5.41) is 0. The highest BCUT2D eigenvalue weighted by molar-refractivity contribution is 5.75. The Labute approximate surface area is 162 Å². The molecule has 0 saturated carbocycles. The molecule has 3 aromatic rings. The van der Waals surface area contributed by atoms with E-state index in [1.165, 1.54) is 4.57 Å². The van der Waals surface area contributed by atoms with Gasteiger partial charge < -0.3 is 14.2 Å². The Hall–Kier alpha value is -3.00. The quantitative estimate of drug-likeness (QED) is 0.637. The van der Waals surface area contributed by atoms with Crippen molar-refractivity contribution in [3.63, 3.8) is 0 Å². The Kier molecular flexibility index (Phi) is 4.95. The fourth-order valence-electron chi connectivity index (χ4n) is 3.86. The first-order valence-electron chi connectivity index (χ1n) is 9.35. The van der Waals surface area contributed by atoms with E-state index < -0.39 is 11.1 Å². The molecule has 4 rings (SSSR count). The van der Waals surface area contributed by atoms with Crippen LogP contribution in [0.15, 0.2) is 46.2 Å². The fraction of sp³-hybridized carbons (Fsp3) is 0.400. The van der Waals surface area contributed by atoms with Crippen LogP contribution < -0.4 is 16.0 Å². The smallest absolute Gasteiger partial charge is 0.317 e. The summed E-state index contributed by atoms with van der Waals surface area (Å²) in [6.07, 6.45) is 5.05. The molecule has 0 radical (unpaired) electrons. The number of benzene rings is 1. The number of aromatic nitrogens is 4. The van der Waals surface area contributed by atoms with Gasteiger partial charge in [-0.25, -0.2) is 9.97 Å². The number of aryl methyl sites for hydroxylation is 1. The lowest BCUT2D eigenvalue weighted by atomic mass is 10.0. The summed E-state index contributed by atoms with van der Waals surface area (Å²) in [5.74, 6) is 0.680. The number of piperidine rings is 1. The van der Waals surface area contributed by atoms with Gasteiger partial charge in [0, 0.05) is 51.2 Å². The van der Waals surface area contributed by atoms with E-state index in [1.807, 2.05) is 24.3 Å². The first-order valence-corrected chi connectivity index (χ1v) is 9.35. The highest BCUT2D eigenvalue weighted by atomic mass is 16.5. The van der Waals surface area contributed by atoms with E-state index in [1.54, 1.807) is 31.1 Å². The van der Waals surface area contributed by atoms with Gasteiger partial charge in [0.05, 0.1) is 17.6 Å². The van der Waals surface area contributed by atoms with E-state index in [4.69, 9.17) is 4.74 Å². The maximum atomic E-state index is 12.7. The molecule has 0 N–H and O–H groups in total. The van der Waals surface area contributed by atoms with Gasteiger partial charge in [-0.05, 0) is 25.0 Å². The van der Waals surface area contributed by atoms with Crippen molar-refractivity contribution >= 4 is 17.0 Å². The second kappa shape index (κ2) is 7.55. The molecule has 1 aliphatic rings. The molecule has 146 valence electrons. The van der Waals surface area contributed by atoms with Crippen molar-refractivity contribution in [2.45, 2.75) is 25.5 Å². The van der Waals surface area contributed by atoms with Gasteiger partial charge in [0.2, 0.25) is 5.95 Å². The zero-order valence-corrected chi connectivity index (χ0v) is 16.0. The Morgan fingerprint density at radius 3 is 2.32 bits per heavy atom. The highest BCUT2D eigenvalue weighted by Crippen LogP contribution is 2.26. The van der Waals surface area contributed by atoms with Gasteiger partial charge in [-0.1, -0.05) is 12.1 Å². The lowest BCUT2D eigenvalue weighted by molar-refractivity contribution is 0.184. The number of rotatable bonds is 4. The van der Waals surface area contributed by atoms with Crippen LogP contribution in [0.1, 0.15) is 24.4 Å². The molecule has 1 saturated heterocycles. The standard InChI is InChI=1S/C20H23N5O3/c1-23-16-5-3-4-6-17(16)25(19(27)18(23)26)15-7-9-24(10-8-15)20-21-11-14(12-22-20)13-28-2/h3-6,11-12,15H,7-10,13H2,1-2H3. The van der Waals surface area contributed by atoms with Crippen LogP contribution in [0.25, 0.3) is 11.0 Å². The number of fused-ring (bicyclic) bond motifs is 1. The maximum Gasteiger partial charge on any atom is 0.317 e. The van der Waals surface area contributed by atoms with Gasteiger partial charge in [0.15, 0.2) is 0 Å². The normalized spacial score (nSPS) is 15.3. The van der Waals surface area contributed by atoms with E-state index in [9.17, 15) is 9.59 Å². The lowest BCUT2D eigenvalue weighted by Crippen LogP contribution is -2.45. The average molecular weight is 381 g/mol. The molecule has 0 aliphatic carbocycles. The molecular formula is C20H23N5O3. The van der Waals surface area contributed by atoms with Crippen molar-refractivity contribution in [3.8, 4) is 0 Å². The molecule has 1 fully saturated rings. The van der Waals surface area contributed by atoms with Gasteiger partial charge >= 0.3 is 11.1 Å². The highest BCUT2D eigenvalue weighted by Gasteiger charge is 2.25. The molecule has 8 heteroatoms. The van der Waals surface area contributed by atoms with Gasteiger partial charge in [-0.15, -0.1) is 0 Å². The van der Waals surface area contributed by atoms with Crippen LogP contribution in [0.4, 0.5) is 5.95 Å². The summed E-state index contributed by atoms with van der Waals surface area (Å²) in [6.45, 7) is 1.94. The number of anilines is 1. The minimum absolute atomic E-state index is 0.0182. The largest absolute Gasteiger partial charge is 0.380 e. The van der Waals surface area contributed by atoms with Crippen molar-refractivity contribution in [1.82, 2.24) is 19.1 Å². The van der Waals surface area contributed by atoms with Crippen LogP contribution in [0.5, 0.6) is 0 Å². The third-order valence-corrected chi connectivity index (χ3v) is 5.32. The molecule has 1 aromatic carbocycles. The molecule has 1 aliphatic heterocycles. The predicted molar refractivity (Wildman–Crippen MR) is 107 cm³/mol. The van der Waals surface area contributed by atoms with Crippen LogP contribution in [0, 0.1) is 0 Å². The molecule has 28 heavy (non-hydrogen) atoms. The summed E-state index contributed by atoms with van der Waals surface area (Å²) < 4.78 is 8.19. The van der Waals surface area contributed by atoms with Crippen molar-refractivity contribution in [3.05, 3.63) is 62.9 Å². The van der Waals surface area contributed by atoms with Crippen molar-refractivity contribution < 1.29 is 4.74 Å². The molecule has 0 amide bonds. The second-order valence-electron chi connectivity index (χ2n) is 7.07. The fourth-order valence-corrected chi connectivity index (χ4v) is 3.86. The van der Waals surface area contributed by atoms with Gasteiger partial charge in [-0.3, -0.25) is 14.2 Å². The van der Waals surface area contributed by atoms with E-state index in [-0.39, 0.29) is 6.04 Å². The van der Waals surface area contributed by atoms with E-state index in [2.05, 4.69) is 14.9 Å². The zero-order valence-electron chi connectivity index (χ0n) is 16.0. The number of para-hydroxylation sites is 2. The monoisotopic (exact) mass is 381 g/mol. The van der Waals surface area contributed by atoms with Crippen LogP contribution in [-0.4, -0.2) is 39.3 Å². The third kappa shape index (κ3) is 3.20. The summed E-state index contributed by atoms with van der Waals surface area (Å²) in [6, 6.07) is 7.53. The number of nitrogens with zero attached hydrogens (tertiary/aromatic N) is 5. The number of hydrogen-bond donors (Lipinski definition) is 0. The Balaban J connectivity index is 1.59. The predicted octanol–water partition coefficient (Wildman–Crippen LogP) is 1.48. The minimum Gasteiger partial charge on any atom is -0.380 e. The second-order valence-corrected chi connectivity index (χ2v) is 7.07. The summed E-state index contributed by atoms with van der Waals surface area (Å²) in [5.41, 5.74) is 1.55. The lowest BCUT2D eigenvalue weighted by Gasteiger charge is -2.33. The van der Waals surface area contributed by atoms with Crippen LogP contribution in [0.3, 0.4) is 0 Å². The van der Waals surface area contributed by atoms with E-state index in [0.29, 0.717) is 12.6 Å². The van der Waals surface area contributed by atoms with Gasteiger partial charge in [0.25, 0.3) is 0 Å². The first kappa shape index (κ1) is 18.4. The molecule has 0 spiro atoms. The molecule has 3 heterocycles. The van der Waals surface area contributed by atoms with Gasteiger partial charge in [-0.2, -0.15) is 0 Å². The SMILES string of the molecule is COCc1cnc(N2CCC(n3c(=O)c(=O)n(C)c4ccccc43)CC2)nc1. The third-order valence-electron chi connectivity index (χ3n) is 5.32. The number of methoxy groups -OCH3 is 1. The molecule has 0 atom stereocenters. The molecular weight excluding hydrogens is 358 g/mol. The average Bonchev–Trinajstić information content (AvgIpc) is 2.74. The molecule has 2 aromatic heterocycles. The van der Waals surface area contributed by atoms with Crippen molar-refractivity contribution in [2.24, 2.45) is 7.05 Å². The molecule has 0 unspecified atom stereocenters. The Morgan fingerprint density at radius 1 is 1.04 bits per heavy atom. The van der Waals surface area contributed by atoms with Gasteiger partial charge in [0.1, 0.15) is 0 Å². The van der Waals surface area contributed by atoms with E-state index >= 15 is 0 Å². The summed E-state index contributed by atoms with van der Waals surface area (Å²) in [4.78, 5) is 36.1. The summed E-state index contributed by atoms with van der Waals surface area (Å²) >= 11 is 0. The molecule has 8 nitrogen and oxygen atoms in total. The van der Waals surface area contributed by atoms with Crippen molar-refractivity contribution in [1.29, 1.82) is 0 Å². The van der Waals surface area contributed by atoms with Crippen LogP contribution in [0.2, 0.25) is 0 Å². The first-order chi connectivity index (χ1) is 13.6. The number of hydrogen-bond acceptors (Lipinski definition) is 6. The van der Waals surface area contributed by atoms with Crippen LogP contribution in [-0.2, 0) is 18.4 Å². The summed E-state index contributed by atoms with van der Waals surface area (Å²) in [7, 11) is 3.28. The Bertz CT molecular complexity index is 1100.